The first-order valence-electron chi connectivity index (χ1n) is 11.9. The summed E-state index contributed by atoms with van der Waals surface area (Å²) in [6.45, 7) is 11.5. The second-order valence-corrected chi connectivity index (χ2v) is 10.0. The van der Waals surface area contributed by atoms with Crippen LogP contribution < -0.4 is 20.1 Å². The van der Waals surface area contributed by atoms with E-state index in [4.69, 9.17) is 14.0 Å². The summed E-state index contributed by atoms with van der Waals surface area (Å²) in [5.74, 6) is 0.646. The van der Waals surface area contributed by atoms with Crippen molar-refractivity contribution in [2.24, 2.45) is 5.92 Å². The van der Waals surface area contributed by atoms with Crippen LogP contribution in [0, 0.1) is 12.8 Å². The van der Waals surface area contributed by atoms with Gasteiger partial charge in [0, 0.05) is 36.6 Å². The molecule has 1 aromatic heterocycles. The maximum absolute atomic E-state index is 13.6. The largest absolute Gasteiger partial charge is 0.493 e. The first-order chi connectivity index (χ1) is 16.9. The molecule has 2 rings (SSSR count). The van der Waals surface area contributed by atoms with E-state index in [1.54, 1.807) is 31.2 Å². The fourth-order valence-electron chi connectivity index (χ4n) is 3.76. The standard InChI is InChI=1S/C26H38N4O6/c1-16(2)15-30(22(32)13-12-21(31)27-20-14-17(3)36-29-20)23(25(33)28-26(4,5)6)18-10-9-11-19(34-7)24(18)35-8/h9-11,14,16,23H,12-13,15H2,1-8H3,(H,28,33)(H,27,29,31)/t23-/m1/s1. The smallest absolute Gasteiger partial charge is 0.247 e. The Labute approximate surface area is 212 Å². The molecule has 0 fully saturated rings. The van der Waals surface area contributed by atoms with E-state index in [1.165, 1.54) is 19.1 Å². The Morgan fingerprint density at radius 3 is 2.33 bits per heavy atom. The summed E-state index contributed by atoms with van der Waals surface area (Å²) in [5, 5.41) is 9.34. The lowest BCUT2D eigenvalue weighted by molar-refractivity contribution is -0.142. The number of hydrogen-bond acceptors (Lipinski definition) is 7. The monoisotopic (exact) mass is 502 g/mol. The average molecular weight is 503 g/mol. The van der Waals surface area contributed by atoms with Crippen molar-refractivity contribution in [1.29, 1.82) is 0 Å². The topological polar surface area (TPSA) is 123 Å². The number of aromatic nitrogens is 1. The second kappa shape index (κ2) is 12.4. The predicted molar refractivity (Wildman–Crippen MR) is 136 cm³/mol. The number of carbonyl (C=O) groups excluding carboxylic acids is 3. The molecule has 0 radical (unpaired) electrons. The lowest BCUT2D eigenvalue weighted by Gasteiger charge is -2.35. The molecule has 2 N–H and O–H groups in total. The Hall–Kier alpha value is -3.56. The number of benzene rings is 1. The zero-order valence-electron chi connectivity index (χ0n) is 22.4. The maximum atomic E-state index is 13.6. The van der Waals surface area contributed by atoms with Crippen molar-refractivity contribution in [3.8, 4) is 11.5 Å². The molecule has 0 aliphatic rings. The predicted octanol–water partition coefficient (Wildman–Crippen LogP) is 3.86. The third-order valence-electron chi connectivity index (χ3n) is 5.13. The molecule has 0 spiro atoms. The average Bonchev–Trinajstić information content (AvgIpc) is 3.19. The van der Waals surface area contributed by atoms with Crippen molar-refractivity contribution in [3.05, 3.63) is 35.6 Å². The highest BCUT2D eigenvalue weighted by Gasteiger charge is 2.36. The Kier molecular flexibility index (Phi) is 9.89. The summed E-state index contributed by atoms with van der Waals surface area (Å²) in [6, 6.07) is 5.82. The number of methoxy groups -OCH3 is 2. The van der Waals surface area contributed by atoms with Gasteiger partial charge in [-0.25, -0.2) is 0 Å². The molecular weight excluding hydrogens is 464 g/mol. The molecule has 1 heterocycles. The maximum Gasteiger partial charge on any atom is 0.247 e. The van der Waals surface area contributed by atoms with Crippen LogP contribution in [0.2, 0.25) is 0 Å². The van der Waals surface area contributed by atoms with Crippen LogP contribution >= 0.6 is 0 Å². The molecule has 0 unspecified atom stereocenters. The third kappa shape index (κ3) is 8.00. The molecule has 10 nitrogen and oxygen atoms in total. The van der Waals surface area contributed by atoms with Crippen LogP contribution in [-0.2, 0) is 14.4 Å². The zero-order chi connectivity index (χ0) is 27.0. The van der Waals surface area contributed by atoms with E-state index in [1.807, 2.05) is 34.6 Å². The minimum atomic E-state index is -0.995. The first-order valence-corrected chi connectivity index (χ1v) is 11.9. The van der Waals surface area contributed by atoms with Crippen LogP contribution in [0.15, 0.2) is 28.8 Å². The van der Waals surface area contributed by atoms with E-state index in [-0.39, 0.29) is 42.3 Å². The van der Waals surface area contributed by atoms with Crippen LogP contribution in [0.25, 0.3) is 0 Å². The summed E-state index contributed by atoms with van der Waals surface area (Å²) in [7, 11) is 3.00. The van der Waals surface area contributed by atoms with E-state index in [0.717, 1.165) is 0 Å². The molecule has 0 bridgehead atoms. The Bertz CT molecular complexity index is 1060. The van der Waals surface area contributed by atoms with E-state index < -0.39 is 11.6 Å². The minimum Gasteiger partial charge on any atom is -0.493 e. The summed E-state index contributed by atoms with van der Waals surface area (Å²) in [4.78, 5) is 41.1. The Morgan fingerprint density at radius 2 is 1.81 bits per heavy atom. The summed E-state index contributed by atoms with van der Waals surface area (Å²) in [6.07, 6.45) is -0.177. The van der Waals surface area contributed by atoms with Crippen LogP contribution in [0.1, 0.15) is 64.8 Å². The highest BCUT2D eigenvalue weighted by molar-refractivity contribution is 5.94. The van der Waals surface area contributed by atoms with Crippen molar-refractivity contribution < 1.29 is 28.4 Å². The van der Waals surface area contributed by atoms with Crippen molar-refractivity contribution in [3.63, 3.8) is 0 Å². The van der Waals surface area contributed by atoms with Gasteiger partial charge in [-0.15, -0.1) is 0 Å². The van der Waals surface area contributed by atoms with Gasteiger partial charge in [-0.05, 0) is 39.7 Å². The van der Waals surface area contributed by atoms with Gasteiger partial charge >= 0.3 is 0 Å². The van der Waals surface area contributed by atoms with Crippen LogP contribution in [0.5, 0.6) is 11.5 Å². The highest BCUT2D eigenvalue weighted by atomic mass is 16.5. The number of aryl methyl sites for hydroxylation is 1. The molecule has 0 saturated carbocycles. The van der Waals surface area contributed by atoms with E-state index in [0.29, 0.717) is 29.4 Å². The fraction of sp³-hybridized carbons (Fsp3) is 0.538. The summed E-state index contributed by atoms with van der Waals surface area (Å²) in [5.41, 5.74) is -0.0426. The number of nitrogens with one attached hydrogen (secondary N) is 2. The molecule has 1 atom stereocenters. The summed E-state index contributed by atoms with van der Waals surface area (Å²) < 4.78 is 16.0. The van der Waals surface area contributed by atoms with E-state index in [2.05, 4.69) is 15.8 Å². The second-order valence-electron chi connectivity index (χ2n) is 10.0. The molecule has 0 aliphatic carbocycles. The Morgan fingerprint density at radius 1 is 1.11 bits per heavy atom. The number of anilines is 1. The van der Waals surface area contributed by atoms with Gasteiger partial charge in [0.2, 0.25) is 17.7 Å². The van der Waals surface area contributed by atoms with E-state index >= 15 is 0 Å². The molecule has 3 amide bonds. The first kappa shape index (κ1) is 28.7. The van der Waals surface area contributed by atoms with Crippen LogP contribution in [0.4, 0.5) is 5.82 Å². The van der Waals surface area contributed by atoms with Crippen molar-refractivity contribution >= 4 is 23.5 Å². The van der Waals surface area contributed by atoms with Gasteiger partial charge in [0.15, 0.2) is 17.3 Å². The highest BCUT2D eigenvalue weighted by Crippen LogP contribution is 2.38. The quantitative estimate of drug-likeness (QED) is 0.478. The number of carbonyl (C=O) groups is 3. The number of ether oxygens (including phenoxy) is 2. The molecule has 1 aromatic carbocycles. The molecular formula is C26H38N4O6. The normalized spacial score (nSPS) is 12.1. The van der Waals surface area contributed by atoms with Crippen LogP contribution in [-0.4, -0.2) is 54.1 Å². The number of nitrogens with zero attached hydrogens (tertiary/aromatic N) is 2. The number of amides is 3. The van der Waals surface area contributed by atoms with Crippen molar-refractivity contribution in [2.45, 2.75) is 66.0 Å². The number of hydrogen-bond donors (Lipinski definition) is 2. The number of rotatable bonds is 11. The van der Waals surface area contributed by atoms with Gasteiger partial charge in [-0.1, -0.05) is 31.1 Å². The lowest BCUT2D eigenvalue weighted by atomic mass is 9.98. The lowest BCUT2D eigenvalue weighted by Crippen LogP contribution is -2.50. The summed E-state index contributed by atoms with van der Waals surface area (Å²) >= 11 is 0. The van der Waals surface area contributed by atoms with Gasteiger partial charge in [-0.2, -0.15) is 0 Å². The number of para-hydroxylation sites is 1. The van der Waals surface area contributed by atoms with Crippen LogP contribution in [0.3, 0.4) is 0 Å². The van der Waals surface area contributed by atoms with Crippen molar-refractivity contribution in [2.75, 3.05) is 26.1 Å². The van der Waals surface area contributed by atoms with Crippen molar-refractivity contribution in [1.82, 2.24) is 15.4 Å². The fourth-order valence-corrected chi connectivity index (χ4v) is 3.76. The van der Waals surface area contributed by atoms with E-state index in [9.17, 15) is 14.4 Å². The molecule has 0 saturated heterocycles. The van der Waals surface area contributed by atoms with Gasteiger partial charge in [-0.3, -0.25) is 14.4 Å². The molecule has 198 valence electrons. The molecule has 36 heavy (non-hydrogen) atoms. The van der Waals surface area contributed by atoms with Gasteiger partial charge in [0.1, 0.15) is 11.8 Å². The molecule has 10 heteroatoms. The third-order valence-corrected chi connectivity index (χ3v) is 5.13. The SMILES string of the molecule is COc1cccc([C@H](C(=O)NC(C)(C)C)N(CC(C)C)C(=O)CCC(=O)Nc2cc(C)on2)c1OC. The van der Waals surface area contributed by atoms with Gasteiger partial charge in [0.25, 0.3) is 0 Å². The van der Waals surface area contributed by atoms with Gasteiger partial charge < -0.3 is 29.5 Å². The minimum absolute atomic E-state index is 0.0578. The molecule has 2 aromatic rings. The Balaban J connectivity index is 2.40. The molecule has 0 aliphatic heterocycles. The van der Waals surface area contributed by atoms with Gasteiger partial charge in [0.05, 0.1) is 14.2 Å². The zero-order valence-corrected chi connectivity index (χ0v) is 22.4.